The summed E-state index contributed by atoms with van der Waals surface area (Å²) in [4.78, 5) is 0. The van der Waals surface area contributed by atoms with Crippen LogP contribution in [-0.4, -0.2) is 24.4 Å². The van der Waals surface area contributed by atoms with Gasteiger partial charge in [-0.15, -0.1) is 0 Å². The lowest BCUT2D eigenvalue weighted by molar-refractivity contribution is 0.112. The quantitative estimate of drug-likeness (QED) is 0.647. The minimum absolute atomic E-state index is 0.0457. The zero-order valence-electron chi connectivity index (χ0n) is 7.75. The third kappa shape index (κ3) is 1.38. The summed E-state index contributed by atoms with van der Waals surface area (Å²) < 4.78 is 5.39. The number of aliphatic hydroxyl groups is 1. The van der Waals surface area contributed by atoms with Crippen molar-refractivity contribution in [2.24, 2.45) is 11.3 Å². The number of aliphatic hydroxyl groups excluding tert-OH is 1. The largest absolute Gasteiger partial charge is 0.393 e. The lowest BCUT2D eigenvalue weighted by atomic mass is 9.75. The van der Waals surface area contributed by atoms with Crippen molar-refractivity contribution >= 4 is 0 Å². The van der Waals surface area contributed by atoms with E-state index in [1.807, 2.05) is 0 Å². The van der Waals surface area contributed by atoms with E-state index in [1.54, 1.807) is 0 Å². The van der Waals surface area contributed by atoms with E-state index in [0.717, 1.165) is 26.1 Å². The molecule has 0 spiro atoms. The molecule has 2 fully saturated rings. The van der Waals surface area contributed by atoms with Gasteiger partial charge in [0.1, 0.15) is 0 Å². The van der Waals surface area contributed by atoms with Crippen LogP contribution in [0, 0.1) is 11.3 Å². The predicted octanol–water partition coefficient (Wildman–Crippen LogP) is 1.57. The highest BCUT2D eigenvalue weighted by molar-refractivity contribution is 4.92. The lowest BCUT2D eigenvalue weighted by Crippen LogP contribution is -2.25. The summed E-state index contributed by atoms with van der Waals surface area (Å²) in [5, 5.41) is 9.48. The summed E-state index contributed by atoms with van der Waals surface area (Å²) in [5.41, 5.74) is 0.371. The molecule has 70 valence electrons. The molecule has 3 unspecified atom stereocenters. The second-order valence-electron chi connectivity index (χ2n) is 4.61. The third-order valence-electron chi connectivity index (χ3n) is 3.67. The van der Waals surface area contributed by atoms with Gasteiger partial charge in [0, 0.05) is 13.2 Å². The molecule has 1 saturated heterocycles. The van der Waals surface area contributed by atoms with Gasteiger partial charge >= 0.3 is 0 Å². The summed E-state index contributed by atoms with van der Waals surface area (Å²) >= 11 is 0. The van der Waals surface area contributed by atoms with E-state index in [-0.39, 0.29) is 6.10 Å². The molecule has 0 aromatic carbocycles. The summed E-state index contributed by atoms with van der Waals surface area (Å²) in [6, 6.07) is 0. The van der Waals surface area contributed by atoms with E-state index in [0.29, 0.717) is 11.3 Å². The summed E-state index contributed by atoms with van der Waals surface area (Å²) in [5.74, 6) is 0.703. The van der Waals surface area contributed by atoms with Crippen molar-refractivity contribution < 1.29 is 9.84 Å². The van der Waals surface area contributed by atoms with Gasteiger partial charge in [0.2, 0.25) is 0 Å². The topological polar surface area (TPSA) is 29.5 Å². The smallest absolute Gasteiger partial charge is 0.0545 e. The molecule has 2 aliphatic rings. The molecular weight excluding hydrogens is 152 g/mol. The number of rotatable bonds is 1. The maximum absolute atomic E-state index is 9.48. The average molecular weight is 170 g/mol. The maximum Gasteiger partial charge on any atom is 0.0545 e. The number of hydrogen-bond donors (Lipinski definition) is 1. The van der Waals surface area contributed by atoms with Crippen molar-refractivity contribution in [2.45, 2.75) is 38.7 Å². The molecule has 2 nitrogen and oxygen atoms in total. The Bertz CT molecular complexity index is 163. The average Bonchev–Trinajstić information content (AvgIpc) is 2.59. The normalized spacial score (nSPS) is 48.5. The summed E-state index contributed by atoms with van der Waals surface area (Å²) in [6.07, 6.45) is 4.31. The fourth-order valence-electron chi connectivity index (χ4n) is 2.69. The van der Waals surface area contributed by atoms with E-state index in [1.165, 1.54) is 12.8 Å². The van der Waals surface area contributed by atoms with E-state index in [2.05, 4.69) is 6.92 Å². The van der Waals surface area contributed by atoms with Crippen molar-refractivity contribution in [1.82, 2.24) is 0 Å². The van der Waals surface area contributed by atoms with E-state index in [4.69, 9.17) is 4.74 Å². The first-order chi connectivity index (χ1) is 5.71. The van der Waals surface area contributed by atoms with Crippen LogP contribution in [0.4, 0.5) is 0 Å². The Morgan fingerprint density at radius 2 is 2.25 bits per heavy atom. The molecule has 0 radical (unpaired) electrons. The first-order valence-corrected chi connectivity index (χ1v) is 4.96. The molecule has 0 amide bonds. The molecule has 1 N–H and O–H groups in total. The Hall–Kier alpha value is -0.0800. The van der Waals surface area contributed by atoms with Crippen LogP contribution < -0.4 is 0 Å². The fourth-order valence-corrected chi connectivity index (χ4v) is 2.69. The molecule has 0 aromatic rings. The molecule has 3 atom stereocenters. The minimum Gasteiger partial charge on any atom is -0.393 e. The highest BCUT2D eigenvalue weighted by atomic mass is 16.5. The van der Waals surface area contributed by atoms with Gasteiger partial charge in [-0.1, -0.05) is 6.92 Å². The van der Waals surface area contributed by atoms with Crippen LogP contribution in [0.25, 0.3) is 0 Å². The van der Waals surface area contributed by atoms with Gasteiger partial charge in [-0.3, -0.25) is 0 Å². The maximum atomic E-state index is 9.48. The second kappa shape index (κ2) is 3.00. The molecule has 2 heteroatoms. The molecule has 0 bridgehead atoms. The van der Waals surface area contributed by atoms with E-state index < -0.39 is 0 Å². The van der Waals surface area contributed by atoms with Crippen LogP contribution >= 0.6 is 0 Å². The van der Waals surface area contributed by atoms with Crippen LogP contribution in [0.3, 0.4) is 0 Å². The van der Waals surface area contributed by atoms with Crippen LogP contribution in [0.15, 0.2) is 0 Å². The Labute approximate surface area is 73.9 Å². The highest BCUT2D eigenvalue weighted by Crippen LogP contribution is 2.46. The minimum atomic E-state index is -0.0457. The van der Waals surface area contributed by atoms with Gasteiger partial charge in [0.05, 0.1) is 6.10 Å². The van der Waals surface area contributed by atoms with Gasteiger partial charge in [-0.05, 0) is 37.0 Å². The molecule has 1 aliphatic carbocycles. The lowest BCUT2D eigenvalue weighted by Gasteiger charge is -2.29. The second-order valence-corrected chi connectivity index (χ2v) is 4.61. The number of hydrogen-bond acceptors (Lipinski definition) is 2. The van der Waals surface area contributed by atoms with Crippen molar-refractivity contribution in [1.29, 1.82) is 0 Å². The Morgan fingerprint density at radius 3 is 2.75 bits per heavy atom. The van der Waals surface area contributed by atoms with Crippen molar-refractivity contribution in [3.05, 3.63) is 0 Å². The predicted molar refractivity (Wildman–Crippen MR) is 46.9 cm³/mol. The highest BCUT2D eigenvalue weighted by Gasteiger charge is 2.41. The molecule has 1 heterocycles. The molecule has 1 aliphatic heterocycles. The standard InChI is InChI=1S/C10H18O2/c1-10(4-2-9(11)6-10)8-3-5-12-7-8/h8-9,11H,2-7H2,1H3. The van der Waals surface area contributed by atoms with Crippen LogP contribution in [-0.2, 0) is 4.74 Å². The molecule has 0 aromatic heterocycles. The van der Waals surface area contributed by atoms with Crippen molar-refractivity contribution in [3.63, 3.8) is 0 Å². The van der Waals surface area contributed by atoms with E-state index >= 15 is 0 Å². The van der Waals surface area contributed by atoms with Crippen molar-refractivity contribution in [3.8, 4) is 0 Å². The van der Waals surface area contributed by atoms with Gasteiger partial charge in [-0.25, -0.2) is 0 Å². The Kier molecular flexibility index (Phi) is 2.13. The first kappa shape index (κ1) is 8.52. The van der Waals surface area contributed by atoms with Gasteiger partial charge in [0.25, 0.3) is 0 Å². The SMILES string of the molecule is CC1(C2CCOC2)CCC(O)C1. The zero-order chi connectivity index (χ0) is 8.60. The summed E-state index contributed by atoms with van der Waals surface area (Å²) in [7, 11) is 0. The Balaban J connectivity index is 2.00. The van der Waals surface area contributed by atoms with E-state index in [9.17, 15) is 5.11 Å². The monoisotopic (exact) mass is 170 g/mol. The van der Waals surface area contributed by atoms with Crippen LogP contribution in [0.2, 0.25) is 0 Å². The van der Waals surface area contributed by atoms with Crippen LogP contribution in [0.5, 0.6) is 0 Å². The fraction of sp³-hybridized carbons (Fsp3) is 1.00. The van der Waals surface area contributed by atoms with Gasteiger partial charge in [-0.2, -0.15) is 0 Å². The van der Waals surface area contributed by atoms with Crippen LogP contribution in [0.1, 0.15) is 32.6 Å². The number of ether oxygens (including phenoxy) is 1. The van der Waals surface area contributed by atoms with Gasteiger partial charge in [0.15, 0.2) is 0 Å². The zero-order valence-corrected chi connectivity index (χ0v) is 7.75. The molecular formula is C10H18O2. The Morgan fingerprint density at radius 1 is 1.42 bits per heavy atom. The molecule has 2 rings (SSSR count). The summed E-state index contributed by atoms with van der Waals surface area (Å²) in [6.45, 7) is 4.15. The molecule has 1 saturated carbocycles. The third-order valence-corrected chi connectivity index (χ3v) is 3.67. The van der Waals surface area contributed by atoms with Gasteiger partial charge < -0.3 is 9.84 Å². The molecule has 12 heavy (non-hydrogen) atoms. The first-order valence-electron chi connectivity index (χ1n) is 4.96. The van der Waals surface area contributed by atoms with Crippen molar-refractivity contribution in [2.75, 3.05) is 13.2 Å².